The molecule has 1 aromatic rings. The fourth-order valence-electron chi connectivity index (χ4n) is 2.72. The van der Waals surface area contributed by atoms with Gasteiger partial charge in [0.05, 0.1) is 38.7 Å². The molecule has 0 radical (unpaired) electrons. The minimum Gasteiger partial charge on any atom is -0.496 e. The topological polar surface area (TPSA) is 68.2 Å². The zero-order valence-electron chi connectivity index (χ0n) is 13.7. The first kappa shape index (κ1) is 17.9. The molecule has 1 unspecified atom stereocenters. The van der Waals surface area contributed by atoms with Gasteiger partial charge in [0.1, 0.15) is 11.5 Å². The first-order chi connectivity index (χ1) is 11.1. The van der Waals surface area contributed by atoms with E-state index in [1.165, 1.54) is 0 Å². The molecule has 1 saturated heterocycles. The Kier molecular flexibility index (Phi) is 6.56. The maximum atomic E-state index is 11.0. The van der Waals surface area contributed by atoms with E-state index in [-0.39, 0.29) is 12.5 Å². The molecule has 2 rings (SSSR count). The number of carboxylic acid groups (broad SMARTS) is 1. The summed E-state index contributed by atoms with van der Waals surface area (Å²) in [6.45, 7) is 2.36. The first-order valence-corrected chi connectivity index (χ1v) is 8.64. The molecule has 0 aliphatic carbocycles. The van der Waals surface area contributed by atoms with Crippen molar-refractivity contribution in [2.24, 2.45) is 0 Å². The van der Waals surface area contributed by atoms with Crippen LogP contribution in [0.2, 0.25) is 0 Å². The van der Waals surface area contributed by atoms with Gasteiger partial charge in [0.15, 0.2) is 0 Å². The second-order valence-corrected chi connectivity index (χ2v) is 6.16. The Morgan fingerprint density at radius 1 is 1.39 bits per heavy atom. The van der Waals surface area contributed by atoms with Gasteiger partial charge in [-0.2, -0.15) is 0 Å². The Hall–Kier alpha value is -1.44. The summed E-state index contributed by atoms with van der Waals surface area (Å²) in [6, 6.07) is 3.81. The number of methoxy groups -OCH3 is 2. The first-order valence-electron chi connectivity index (χ1n) is 7.41. The highest BCUT2D eigenvalue weighted by Gasteiger charge is 2.26. The number of hydrogen-bond donors (Lipinski definition) is 1. The Morgan fingerprint density at radius 3 is 2.74 bits per heavy atom. The Labute approximate surface area is 140 Å². The Bertz CT molecular complexity index is 552. The molecule has 1 N–H and O–H groups in total. The van der Waals surface area contributed by atoms with E-state index in [0.717, 1.165) is 22.0 Å². The molecule has 1 fully saturated rings. The molecule has 128 valence electrons. The van der Waals surface area contributed by atoms with Crippen LogP contribution in [0.4, 0.5) is 0 Å². The van der Waals surface area contributed by atoms with E-state index in [4.69, 9.17) is 19.3 Å². The molecule has 23 heavy (non-hydrogen) atoms. The number of carbonyl (C=O) groups is 1. The Balaban J connectivity index is 2.24. The van der Waals surface area contributed by atoms with Gasteiger partial charge in [-0.05, 0) is 18.4 Å². The minimum absolute atomic E-state index is 0.0718. The highest BCUT2D eigenvalue weighted by atomic mass is 32.2. The maximum absolute atomic E-state index is 11.0. The van der Waals surface area contributed by atoms with Crippen molar-refractivity contribution in [3.63, 3.8) is 0 Å². The monoisotopic (exact) mass is 341 g/mol. The molecule has 1 aliphatic heterocycles. The third-order valence-electron chi connectivity index (χ3n) is 3.92. The average Bonchev–Trinajstić information content (AvgIpc) is 2.55. The van der Waals surface area contributed by atoms with E-state index in [1.807, 2.05) is 18.4 Å². The molecular formula is C16H23NO5S. The van der Waals surface area contributed by atoms with Gasteiger partial charge in [-0.1, -0.05) is 0 Å². The second kappa shape index (κ2) is 8.42. The molecule has 0 spiro atoms. The van der Waals surface area contributed by atoms with Gasteiger partial charge in [0.25, 0.3) is 0 Å². The Morgan fingerprint density at radius 2 is 2.13 bits per heavy atom. The van der Waals surface area contributed by atoms with E-state index < -0.39 is 5.97 Å². The van der Waals surface area contributed by atoms with Crippen molar-refractivity contribution in [2.45, 2.75) is 23.9 Å². The summed E-state index contributed by atoms with van der Waals surface area (Å²) < 4.78 is 16.4. The summed E-state index contributed by atoms with van der Waals surface area (Å²) in [6.07, 6.45) is 2.06. The molecule has 6 nitrogen and oxygen atoms in total. The molecule has 1 atom stereocenters. The van der Waals surface area contributed by atoms with Crippen LogP contribution in [0, 0.1) is 0 Å². The van der Waals surface area contributed by atoms with Gasteiger partial charge >= 0.3 is 5.97 Å². The van der Waals surface area contributed by atoms with Crippen molar-refractivity contribution in [2.75, 3.05) is 40.2 Å². The summed E-state index contributed by atoms with van der Waals surface area (Å²) in [4.78, 5) is 14.2. The number of carboxylic acids is 1. The lowest BCUT2D eigenvalue weighted by atomic mass is 10.1. The van der Waals surface area contributed by atoms with Crippen LogP contribution in [-0.2, 0) is 16.1 Å². The number of morpholine rings is 1. The number of nitrogens with zero attached hydrogens (tertiary/aromatic N) is 1. The van der Waals surface area contributed by atoms with Crippen LogP contribution >= 0.6 is 11.8 Å². The van der Waals surface area contributed by atoms with Crippen LogP contribution in [0.15, 0.2) is 17.0 Å². The van der Waals surface area contributed by atoms with E-state index in [0.29, 0.717) is 26.3 Å². The number of thioether (sulfide) groups is 1. The largest absolute Gasteiger partial charge is 0.496 e. The van der Waals surface area contributed by atoms with Gasteiger partial charge in [-0.25, -0.2) is 0 Å². The van der Waals surface area contributed by atoms with Crippen LogP contribution in [0.3, 0.4) is 0 Å². The number of hydrogen-bond acceptors (Lipinski definition) is 6. The number of rotatable bonds is 7. The third kappa shape index (κ3) is 4.53. The number of aliphatic carboxylic acids is 1. The van der Waals surface area contributed by atoms with Crippen molar-refractivity contribution >= 4 is 17.7 Å². The van der Waals surface area contributed by atoms with Gasteiger partial charge in [-0.3, -0.25) is 9.69 Å². The highest BCUT2D eigenvalue weighted by molar-refractivity contribution is 7.98. The number of ether oxygens (including phenoxy) is 3. The van der Waals surface area contributed by atoms with Crippen molar-refractivity contribution in [1.29, 1.82) is 0 Å². The third-order valence-corrected chi connectivity index (χ3v) is 4.68. The zero-order chi connectivity index (χ0) is 16.8. The van der Waals surface area contributed by atoms with Crippen LogP contribution < -0.4 is 9.47 Å². The zero-order valence-corrected chi connectivity index (χ0v) is 14.5. The lowest BCUT2D eigenvalue weighted by Crippen LogP contribution is -2.45. The minimum atomic E-state index is -0.812. The van der Waals surface area contributed by atoms with E-state index >= 15 is 0 Å². The summed E-state index contributed by atoms with van der Waals surface area (Å²) in [5.41, 5.74) is 0.986. The van der Waals surface area contributed by atoms with Crippen LogP contribution in [0.1, 0.15) is 12.0 Å². The van der Waals surface area contributed by atoms with Crippen LogP contribution in [0.5, 0.6) is 11.5 Å². The summed E-state index contributed by atoms with van der Waals surface area (Å²) in [7, 11) is 3.29. The van der Waals surface area contributed by atoms with Gasteiger partial charge in [0.2, 0.25) is 0 Å². The van der Waals surface area contributed by atoms with Crippen molar-refractivity contribution < 1.29 is 24.1 Å². The predicted molar refractivity (Wildman–Crippen MR) is 88.6 cm³/mol. The summed E-state index contributed by atoms with van der Waals surface area (Å²) in [5.74, 6) is 0.778. The summed E-state index contributed by atoms with van der Waals surface area (Å²) in [5, 5.41) is 9.07. The lowest BCUT2D eigenvalue weighted by molar-refractivity contribution is -0.140. The van der Waals surface area contributed by atoms with Crippen molar-refractivity contribution in [3.8, 4) is 11.5 Å². The van der Waals surface area contributed by atoms with E-state index in [1.54, 1.807) is 26.0 Å². The highest BCUT2D eigenvalue weighted by Crippen LogP contribution is 2.35. The van der Waals surface area contributed by atoms with E-state index in [2.05, 4.69) is 4.90 Å². The standard InChI is InChI=1S/C16H23NO5S/c1-20-13-8-15(23-3)14(21-2)6-11(13)9-17-4-5-22-10-12(17)7-16(18)19/h6,8,12H,4-5,7,9-10H2,1-3H3,(H,18,19). The molecule has 0 bridgehead atoms. The maximum Gasteiger partial charge on any atom is 0.305 e. The SMILES string of the molecule is COc1cc(SC)c(OC)cc1CN1CCOCC1CC(=O)O. The molecular weight excluding hydrogens is 318 g/mol. The molecule has 1 aliphatic rings. The molecule has 0 amide bonds. The average molecular weight is 341 g/mol. The van der Waals surface area contributed by atoms with E-state index in [9.17, 15) is 4.79 Å². The van der Waals surface area contributed by atoms with Gasteiger partial charge in [-0.15, -0.1) is 11.8 Å². The van der Waals surface area contributed by atoms with Crippen molar-refractivity contribution in [3.05, 3.63) is 17.7 Å². The van der Waals surface area contributed by atoms with Gasteiger partial charge < -0.3 is 19.3 Å². The van der Waals surface area contributed by atoms with Crippen molar-refractivity contribution in [1.82, 2.24) is 4.90 Å². The predicted octanol–water partition coefficient (Wildman–Crippen LogP) is 2.10. The summed E-state index contributed by atoms with van der Waals surface area (Å²) >= 11 is 1.60. The second-order valence-electron chi connectivity index (χ2n) is 5.32. The van der Waals surface area contributed by atoms with Gasteiger partial charge in [0, 0.05) is 24.7 Å². The lowest BCUT2D eigenvalue weighted by Gasteiger charge is -2.35. The smallest absolute Gasteiger partial charge is 0.305 e. The van der Waals surface area contributed by atoms with Crippen LogP contribution in [0.25, 0.3) is 0 Å². The normalized spacial score (nSPS) is 18.7. The molecule has 0 aromatic heterocycles. The molecule has 1 aromatic carbocycles. The fraction of sp³-hybridized carbons (Fsp3) is 0.562. The number of benzene rings is 1. The molecule has 0 saturated carbocycles. The fourth-order valence-corrected chi connectivity index (χ4v) is 3.29. The molecule has 1 heterocycles. The molecule has 7 heteroatoms. The van der Waals surface area contributed by atoms with Crippen LogP contribution in [-0.4, -0.2) is 62.3 Å². The quantitative estimate of drug-likeness (QED) is 0.762.